The standard InChI is InChI=1S/C28H28N4O4/c1-30(2)15-23(33)36-16-32-27(34)24(20-13-29-22-11-4-3-9-18(20)22)25(28(32)35)21-14-31-12-6-8-17-7-5-10-19(21)26(17)31/h3-5,7,9-11,13-14,29,34-35H,6,8,12,15-16H2,1-2H3. The molecule has 0 radical (unpaired) electrons. The van der Waals surface area contributed by atoms with Crippen LogP contribution in [0.15, 0.2) is 54.9 Å². The molecule has 1 aliphatic rings. The van der Waals surface area contributed by atoms with Crippen LogP contribution in [0.1, 0.15) is 12.0 Å². The smallest absolute Gasteiger partial charge is 0.321 e. The summed E-state index contributed by atoms with van der Waals surface area (Å²) in [4.78, 5) is 17.2. The van der Waals surface area contributed by atoms with E-state index < -0.39 is 5.97 Å². The van der Waals surface area contributed by atoms with Gasteiger partial charge in [-0.2, -0.15) is 0 Å². The SMILES string of the molecule is CN(C)CC(=O)OCn1c(O)c(-c2c[nH]c3ccccc23)c(-c2cn3c4c(cccc24)CCC3)c1O. The van der Waals surface area contributed by atoms with Crippen molar-refractivity contribution in [1.82, 2.24) is 19.0 Å². The highest BCUT2D eigenvalue weighted by molar-refractivity contribution is 6.08. The van der Waals surface area contributed by atoms with E-state index in [-0.39, 0.29) is 25.0 Å². The number of rotatable bonds is 6. The minimum Gasteiger partial charge on any atom is -0.494 e. The maximum Gasteiger partial charge on any atom is 0.321 e. The van der Waals surface area contributed by atoms with Crippen LogP contribution in [0.5, 0.6) is 11.8 Å². The number of aromatic hydroxyl groups is 2. The number of aromatic amines is 1. The number of aromatic nitrogens is 3. The van der Waals surface area contributed by atoms with Crippen molar-refractivity contribution < 1.29 is 19.7 Å². The number of carbonyl (C=O) groups is 1. The van der Waals surface area contributed by atoms with Crippen LogP contribution in [0.2, 0.25) is 0 Å². The second kappa shape index (κ2) is 8.49. The minimum atomic E-state index is -0.449. The molecule has 184 valence electrons. The van der Waals surface area contributed by atoms with E-state index in [1.54, 1.807) is 19.0 Å². The molecule has 0 fully saturated rings. The van der Waals surface area contributed by atoms with Crippen LogP contribution in [0.4, 0.5) is 0 Å². The van der Waals surface area contributed by atoms with Gasteiger partial charge in [-0.1, -0.05) is 36.4 Å². The van der Waals surface area contributed by atoms with Crippen molar-refractivity contribution in [3.8, 4) is 34.0 Å². The Morgan fingerprint density at radius 1 is 1.03 bits per heavy atom. The van der Waals surface area contributed by atoms with Crippen molar-refractivity contribution in [2.45, 2.75) is 26.1 Å². The number of likely N-dealkylation sites (N-methyl/N-ethyl adjacent to an activating group) is 1. The average Bonchev–Trinajstić information content (AvgIpc) is 3.51. The van der Waals surface area contributed by atoms with E-state index in [9.17, 15) is 15.0 Å². The molecule has 8 nitrogen and oxygen atoms in total. The minimum absolute atomic E-state index is 0.0984. The van der Waals surface area contributed by atoms with E-state index in [1.807, 2.05) is 36.5 Å². The normalized spacial score (nSPS) is 13.2. The molecule has 3 N–H and O–H groups in total. The summed E-state index contributed by atoms with van der Waals surface area (Å²) in [5.74, 6) is -0.749. The summed E-state index contributed by atoms with van der Waals surface area (Å²) in [7, 11) is 3.55. The molecule has 0 spiro atoms. The number of benzene rings is 2. The highest BCUT2D eigenvalue weighted by Crippen LogP contribution is 2.51. The molecule has 0 aliphatic carbocycles. The summed E-state index contributed by atoms with van der Waals surface area (Å²) in [6.45, 7) is 0.691. The molecule has 5 aromatic rings. The molecule has 0 unspecified atom stereocenters. The third-order valence-electron chi connectivity index (χ3n) is 6.96. The molecule has 3 aromatic heterocycles. The van der Waals surface area contributed by atoms with Gasteiger partial charge in [0.2, 0.25) is 11.8 Å². The van der Waals surface area contributed by atoms with E-state index in [1.165, 1.54) is 10.1 Å². The summed E-state index contributed by atoms with van der Waals surface area (Å²) in [6, 6.07) is 14.1. The number of carbonyl (C=O) groups excluding carboxylic acids is 1. The van der Waals surface area contributed by atoms with Crippen LogP contribution in [0, 0.1) is 0 Å². The third-order valence-corrected chi connectivity index (χ3v) is 6.96. The first kappa shape index (κ1) is 22.3. The Morgan fingerprint density at radius 3 is 2.58 bits per heavy atom. The second-order valence-electron chi connectivity index (χ2n) is 9.61. The number of hydrogen-bond donors (Lipinski definition) is 3. The van der Waals surface area contributed by atoms with Crippen LogP contribution in [-0.4, -0.2) is 55.8 Å². The number of para-hydroxylation sites is 2. The first-order valence-electron chi connectivity index (χ1n) is 12.1. The predicted octanol–water partition coefficient (Wildman–Crippen LogP) is 4.68. The van der Waals surface area contributed by atoms with Crippen LogP contribution in [0.25, 0.3) is 44.1 Å². The zero-order chi connectivity index (χ0) is 25.0. The van der Waals surface area contributed by atoms with Crippen molar-refractivity contribution >= 4 is 27.8 Å². The molecule has 0 bridgehead atoms. The van der Waals surface area contributed by atoms with Gasteiger partial charge in [0.05, 0.1) is 23.2 Å². The van der Waals surface area contributed by atoms with E-state index in [0.717, 1.165) is 52.3 Å². The Hall–Kier alpha value is -4.17. The maximum atomic E-state index is 12.2. The molecule has 4 heterocycles. The topological polar surface area (TPSA) is 95.7 Å². The van der Waals surface area contributed by atoms with Gasteiger partial charge in [-0.25, -0.2) is 4.57 Å². The fourth-order valence-corrected chi connectivity index (χ4v) is 5.40. The van der Waals surface area contributed by atoms with Gasteiger partial charge in [0.25, 0.3) is 0 Å². The van der Waals surface area contributed by atoms with E-state index in [2.05, 4.69) is 27.9 Å². The van der Waals surface area contributed by atoms with Crippen molar-refractivity contribution in [1.29, 1.82) is 0 Å². The van der Waals surface area contributed by atoms with Gasteiger partial charge in [0.15, 0.2) is 6.73 Å². The third kappa shape index (κ3) is 3.45. The number of ether oxygens (including phenoxy) is 1. The number of fused-ring (bicyclic) bond motifs is 1. The van der Waals surface area contributed by atoms with Crippen molar-refractivity contribution in [2.75, 3.05) is 20.6 Å². The molecule has 0 atom stereocenters. The highest BCUT2D eigenvalue weighted by Gasteiger charge is 2.30. The number of H-pyrrole nitrogens is 1. The maximum absolute atomic E-state index is 12.2. The number of nitrogens with one attached hydrogen (secondary N) is 1. The quantitative estimate of drug-likeness (QED) is 0.304. The molecule has 1 aliphatic heterocycles. The number of aryl methyl sites for hydroxylation is 2. The molecule has 6 rings (SSSR count). The second-order valence-corrected chi connectivity index (χ2v) is 9.61. The summed E-state index contributed by atoms with van der Waals surface area (Å²) in [6.07, 6.45) is 5.96. The lowest BCUT2D eigenvalue weighted by Crippen LogP contribution is -2.24. The number of esters is 1. The summed E-state index contributed by atoms with van der Waals surface area (Å²) >= 11 is 0. The lowest BCUT2D eigenvalue weighted by molar-refractivity contribution is -0.148. The zero-order valence-electron chi connectivity index (χ0n) is 20.3. The van der Waals surface area contributed by atoms with E-state index in [0.29, 0.717) is 11.1 Å². The number of hydrogen-bond acceptors (Lipinski definition) is 5. The average molecular weight is 485 g/mol. The van der Waals surface area contributed by atoms with Gasteiger partial charge < -0.3 is 24.5 Å². The molecule has 8 heteroatoms. The molecular weight excluding hydrogens is 456 g/mol. The molecule has 2 aromatic carbocycles. The van der Waals surface area contributed by atoms with Crippen molar-refractivity contribution in [2.24, 2.45) is 0 Å². The lowest BCUT2D eigenvalue weighted by atomic mass is 9.96. The first-order valence-corrected chi connectivity index (χ1v) is 12.1. The Bertz CT molecular complexity index is 1620. The Labute approximate surface area is 207 Å². The van der Waals surface area contributed by atoms with E-state index in [4.69, 9.17) is 4.74 Å². The van der Waals surface area contributed by atoms with Crippen LogP contribution in [0.3, 0.4) is 0 Å². The number of nitrogens with zero attached hydrogens (tertiary/aromatic N) is 3. The molecule has 0 saturated carbocycles. The fourth-order valence-electron chi connectivity index (χ4n) is 5.40. The fraction of sp³-hybridized carbons (Fsp3) is 0.250. The zero-order valence-corrected chi connectivity index (χ0v) is 20.3. The van der Waals surface area contributed by atoms with Gasteiger partial charge in [-0.05, 0) is 38.6 Å². The Morgan fingerprint density at radius 2 is 1.78 bits per heavy atom. The van der Waals surface area contributed by atoms with E-state index >= 15 is 0 Å². The van der Waals surface area contributed by atoms with Gasteiger partial charge >= 0.3 is 5.97 Å². The van der Waals surface area contributed by atoms with Crippen LogP contribution < -0.4 is 0 Å². The molecule has 0 amide bonds. The van der Waals surface area contributed by atoms with Crippen molar-refractivity contribution in [3.63, 3.8) is 0 Å². The summed E-state index contributed by atoms with van der Waals surface area (Å²) in [5, 5.41) is 24.9. The molecule has 0 saturated heterocycles. The molecular formula is C28H28N4O4. The molecule has 36 heavy (non-hydrogen) atoms. The predicted molar refractivity (Wildman–Crippen MR) is 139 cm³/mol. The van der Waals surface area contributed by atoms with Crippen molar-refractivity contribution in [3.05, 3.63) is 60.4 Å². The van der Waals surface area contributed by atoms with Gasteiger partial charge in [-0.15, -0.1) is 0 Å². The largest absolute Gasteiger partial charge is 0.494 e. The van der Waals surface area contributed by atoms with Gasteiger partial charge in [-0.3, -0.25) is 9.69 Å². The van der Waals surface area contributed by atoms with Crippen LogP contribution >= 0.6 is 0 Å². The summed E-state index contributed by atoms with van der Waals surface area (Å²) in [5.41, 5.74) is 5.97. The van der Waals surface area contributed by atoms with Crippen LogP contribution in [-0.2, 0) is 29.2 Å². The van der Waals surface area contributed by atoms with Gasteiger partial charge in [0.1, 0.15) is 0 Å². The Kier molecular flexibility index (Phi) is 5.26. The lowest BCUT2D eigenvalue weighted by Gasteiger charge is -2.14. The first-order chi connectivity index (χ1) is 17.4. The Balaban J connectivity index is 1.58. The summed E-state index contributed by atoms with van der Waals surface area (Å²) < 4.78 is 8.89. The highest BCUT2D eigenvalue weighted by atomic mass is 16.5. The van der Waals surface area contributed by atoms with Gasteiger partial charge in [0, 0.05) is 46.4 Å². The monoisotopic (exact) mass is 484 g/mol.